The molecule has 0 amide bonds. The van der Waals surface area contributed by atoms with Gasteiger partial charge in [0, 0.05) is 0 Å². The topological polar surface area (TPSA) is 18.6 Å². The van der Waals surface area contributed by atoms with Crippen molar-refractivity contribution < 1.29 is 4.58 Å². The highest BCUT2D eigenvalue weighted by Crippen LogP contribution is 2.35. The van der Waals surface area contributed by atoms with Crippen molar-refractivity contribution in [2.75, 3.05) is 14.1 Å². The van der Waals surface area contributed by atoms with E-state index < -0.39 is 0 Å². The van der Waals surface area contributed by atoms with Crippen molar-refractivity contribution in [3.8, 4) is 0 Å². The smallest absolute Gasteiger partial charge is 0.256 e. The summed E-state index contributed by atoms with van der Waals surface area (Å²) in [5.74, 6) is 0.978. The first kappa shape index (κ1) is 17.0. The molecule has 1 aliphatic heterocycles. The molecule has 1 rings (SSSR count). The Balaban J connectivity index is 0. The quantitative estimate of drug-likeness (QED) is 0.464. The van der Waals surface area contributed by atoms with E-state index in [-0.39, 0.29) is 25.9 Å². The predicted octanol–water partition coefficient (Wildman–Crippen LogP) is 3.09. The number of hydrogen-bond donors (Lipinski definition) is 0. The van der Waals surface area contributed by atoms with Crippen molar-refractivity contribution in [1.29, 1.82) is 0 Å². The molecule has 3 nitrogen and oxygen atoms in total. The lowest BCUT2D eigenvalue weighted by Crippen LogP contribution is -2.53. The van der Waals surface area contributed by atoms with Crippen LogP contribution in [-0.2, 0) is 0 Å². The average Bonchev–Trinajstić information content (AvgIpc) is 2.13. The van der Waals surface area contributed by atoms with E-state index in [0.29, 0.717) is 0 Å². The minimum atomic E-state index is 0. The third-order valence-corrected chi connectivity index (χ3v) is 4.07. The van der Waals surface area contributed by atoms with Gasteiger partial charge >= 0.3 is 5.96 Å². The highest BCUT2D eigenvalue weighted by atomic mass is 31.0. The standard InChI is InChI=1S/C9H19N3P.2CH4/c1-8(2)9(3,4)12(6)7(10-13)11(8)5;;/h13H,1-6H3;2*1H4/q+1;;. The lowest BCUT2D eigenvalue weighted by Gasteiger charge is -2.35. The number of nitrogens with zero attached hydrogens (tertiary/aromatic N) is 3. The molecule has 0 N–H and O–H groups in total. The summed E-state index contributed by atoms with van der Waals surface area (Å²) in [5.41, 5.74) is 0.181. The maximum absolute atomic E-state index is 4.11. The molecule has 0 aromatic rings. The molecule has 0 bridgehead atoms. The summed E-state index contributed by atoms with van der Waals surface area (Å²) in [5, 5.41) is 0. The van der Waals surface area contributed by atoms with Crippen LogP contribution in [0.25, 0.3) is 0 Å². The molecule has 0 aromatic heterocycles. The van der Waals surface area contributed by atoms with Crippen molar-refractivity contribution in [2.24, 2.45) is 4.74 Å². The fourth-order valence-corrected chi connectivity index (χ4v) is 2.00. The first-order valence-electron chi connectivity index (χ1n) is 4.49. The average molecular weight is 232 g/mol. The molecular formula is C11H27N3P+. The van der Waals surface area contributed by atoms with Crippen molar-refractivity contribution in [1.82, 2.24) is 4.90 Å². The monoisotopic (exact) mass is 232 g/mol. The third kappa shape index (κ3) is 1.94. The second-order valence-corrected chi connectivity index (χ2v) is 4.87. The zero-order valence-corrected chi connectivity index (χ0v) is 10.3. The fourth-order valence-electron chi connectivity index (χ4n) is 1.70. The van der Waals surface area contributed by atoms with E-state index in [0.717, 1.165) is 5.96 Å². The molecule has 15 heavy (non-hydrogen) atoms. The van der Waals surface area contributed by atoms with Crippen molar-refractivity contribution in [3.05, 3.63) is 0 Å². The van der Waals surface area contributed by atoms with E-state index in [2.05, 4.69) is 65.0 Å². The van der Waals surface area contributed by atoms with Crippen LogP contribution in [0.15, 0.2) is 4.74 Å². The van der Waals surface area contributed by atoms with Gasteiger partial charge in [-0.1, -0.05) is 19.6 Å². The maximum atomic E-state index is 4.11. The van der Waals surface area contributed by atoms with Gasteiger partial charge in [0.2, 0.25) is 0 Å². The molecule has 1 heterocycles. The van der Waals surface area contributed by atoms with Crippen molar-refractivity contribution in [2.45, 2.75) is 53.6 Å². The highest BCUT2D eigenvalue weighted by Gasteiger charge is 2.55. The van der Waals surface area contributed by atoms with Crippen LogP contribution >= 0.6 is 9.03 Å². The van der Waals surface area contributed by atoms with Gasteiger partial charge in [0.1, 0.15) is 11.1 Å². The Kier molecular flexibility index (Phi) is 5.22. The van der Waals surface area contributed by atoms with Gasteiger partial charge in [0.25, 0.3) is 0 Å². The summed E-state index contributed by atoms with van der Waals surface area (Å²) >= 11 is 0. The van der Waals surface area contributed by atoms with Gasteiger partial charge in [-0.2, -0.15) is 0 Å². The van der Waals surface area contributed by atoms with E-state index in [1.807, 2.05) is 0 Å². The maximum Gasteiger partial charge on any atom is 0.392 e. The summed E-state index contributed by atoms with van der Waals surface area (Å²) < 4.78 is 6.31. The molecule has 0 fully saturated rings. The van der Waals surface area contributed by atoms with E-state index in [9.17, 15) is 0 Å². The van der Waals surface area contributed by atoms with Gasteiger partial charge in [-0.05, 0) is 27.7 Å². The second kappa shape index (κ2) is 4.61. The predicted molar refractivity (Wildman–Crippen MR) is 71.3 cm³/mol. The molecule has 0 atom stereocenters. The van der Waals surface area contributed by atoms with Crippen LogP contribution in [0.3, 0.4) is 0 Å². The SMILES string of the molecule is C.C.CN1C(N=P)=[N+](C)C(C)(C)C1(C)C. The number of guanidine groups is 1. The van der Waals surface area contributed by atoms with Crippen LogP contribution in [0, 0.1) is 0 Å². The van der Waals surface area contributed by atoms with Gasteiger partial charge in [0.05, 0.1) is 23.1 Å². The Morgan fingerprint density at radius 3 is 1.73 bits per heavy atom. The first-order valence-corrected chi connectivity index (χ1v) is 4.93. The second-order valence-electron chi connectivity index (χ2n) is 4.65. The van der Waals surface area contributed by atoms with Gasteiger partial charge in [-0.15, -0.1) is 0 Å². The Morgan fingerprint density at radius 1 is 1.20 bits per heavy atom. The van der Waals surface area contributed by atoms with Crippen LogP contribution < -0.4 is 0 Å². The molecule has 0 unspecified atom stereocenters. The Labute approximate surface area is 97.5 Å². The summed E-state index contributed by atoms with van der Waals surface area (Å²) in [6.07, 6.45) is 0. The molecule has 0 radical (unpaired) electrons. The van der Waals surface area contributed by atoms with Crippen LogP contribution in [-0.4, -0.2) is 40.6 Å². The van der Waals surface area contributed by atoms with Gasteiger partial charge in [-0.25, -0.2) is 0 Å². The molecule has 1 aliphatic rings. The van der Waals surface area contributed by atoms with Gasteiger partial charge in [0.15, 0.2) is 0 Å². The normalized spacial score (nSPS) is 21.9. The fraction of sp³-hybridized carbons (Fsp3) is 0.909. The lowest BCUT2D eigenvalue weighted by atomic mass is 9.83. The minimum Gasteiger partial charge on any atom is -0.256 e. The van der Waals surface area contributed by atoms with E-state index >= 15 is 0 Å². The van der Waals surface area contributed by atoms with Crippen LogP contribution in [0.4, 0.5) is 0 Å². The van der Waals surface area contributed by atoms with Crippen LogP contribution in [0.5, 0.6) is 0 Å². The molecule has 0 spiro atoms. The zero-order valence-electron chi connectivity index (χ0n) is 9.34. The molecule has 0 saturated heterocycles. The summed E-state index contributed by atoms with van der Waals surface area (Å²) in [6, 6.07) is 0. The highest BCUT2D eigenvalue weighted by molar-refractivity contribution is 7.04. The summed E-state index contributed by atoms with van der Waals surface area (Å²) in [7, 11) is 7.36. The van der Waals surface area contributed by atoms with E-state index in [4.69, 9.17) is 0 Å². The molecular weight excluding hydrogens is 205 g/mol. The Bertz CT molecular complexity index is 280. The van der Waals surface area contributed by atoms with Gasteiger partial charge in [-0.3, -0.25) is 9.48 Å². The number of rotatable bonds is 0. The molecule has 90 valence electrons. The third-order valence-electron chi connectivity index (χ3n) is 3.87. The summed E-state index contributed by atoms with van der Waals surface area (Å²) in [6.45, 7) is 8.92. The molecule has 4 heteroatoms. The van der Waals surface area contributed by atoms with Crippen LogP contribution in [0.2, 0.25) is 0 Å². The van der Waals surface area contributed by atoms with Crippen LogP contribution in [0.1, 0.15) is 42.5 Å². The van der Waals surface area contributed by atoms with Crippen molar-refractivity contribution >= 4 is 15.0 Å². The van der Waals surface area contributed by atoms with Crippen molar-refractivity contribution in [3.63, 3.8) is 0 Å². The number of likely N-dealkylation sites (N-methyl/N-ethyl adjacent to an activating group) is 2. The molecule has 0 aliphatic carbocycles. The number of hydrogen-bond acceptors (Lipinski definition) is 2. The Morgan fingerprint density at radius 2 is 1.60 bits per heavy atom. The lowest BCUT2D eigenvalue weighted by molar-refractivity contribution is -0.574. The van der Waals surface area contributed by atoms with E-state index in [1.165, 1.54) is 0 Å². The Hall–Kier alpha value is -0.430. The first-order chi connectivity index (χ1) is 5.76. The zero-order chi connectivity index (χ0) is 10.4. The van der Waals surface area contributed by atoms with Gasteiger partial charge < -0.3 is 0 Å². The van der Waals surface area contributed by atoms with E-state index in [1.54, 1.807) is 0 Å². The summed E-state index contributed by atoms with van der Waals surface area (Å²) in [4.78, 5) is 2.19. The molecule has 0 aromatic carbocycles. The minimum absolute atomic E-state index is 0. The largest absolute Gasteiger partial charge is 0.392 e. The molecule has 0 saturated carbocycles.